The van der Waals surface area contributed by atoms with Crippen molar-refractivity contribution in [2.75, 3.05) is 18.4 Å². The van der Waals surface area contributed by atoms with E-state index in [2.05, 4.69) is 25.6 Å². The van der Waals surface area contributed by atoms with Crippen molar-refractivity contribution in [3.8, 4) is 0 Å². The Labute approximate surface area is 169 Å². The van der Waals surface area contributed by atoms with Crippen LogP contribution in [0.15, 0.2) is 36.8 Å². The number of amides is 2. The number of carboxylic acids is 1. The van der Waals surface area contributed by atoms with Crippen LogP contribution in [0.5, 0.6) is 0 Å². The molecule has 0 radical (unpaired) electrons. The average molecular weight is 398 g/mol. The molecule has 2 heterocycles. The smallest absolute Gasteiger partial charge is 0.320 e. The Morgan fingerprint density at radius 2 is 1.97 bits per heavy atom. The van der Waals surface area contributed by atoms with Gasteiger partial charge in [-0.3, -0.25) is 24.7 Å². The van der Waals surface area contributed by atoms with Gasteiger partial charge >= 0.3 is 12.0 Å². The molecule has 0 aromatic carbocycles. The highest BCUT2D eigenvalue weighted by Crippen LogP contribution is 2.33. The van der Waals surface area contributed by atoms with Crippen LogP contribution in [0.25, 0.3) is 0 Å². The molecule has 2 aliphatic rings. The van der Waals surface area contributed by atoms with Gasteiger partial charge in [0.25, 0.3) is 0 Å². The van der Waals surface area contributed by atoms with E-state index in [9.17, 15) is 9.59 Å². The predicted octanol–water partition coefficient (Wildman–Crippen LogP) is 1.78. The fourth-order valence-electron chi connectivity index (χ4n) is 3.68. The number of nitrogens with zero attached hydrogens (tertiary/aromatic N) is 4. The molecule has 9 nitrogen and oxygen atoms in total. The van der Waals surface area contributed by atoms with Crippen molar-refractivity contribution in [2.24, 2.45) is 5.92 Å². The van der Waals surface area contributed by atoms with Crippen LogP contribution in [0.3, 0.4) is 0 Å². The van der Waals surface area contributed by atoms with Crippen LogP contribution in [0.4, 0.5) is 10.6 Å². The number of carbonyl (C=O) groups excluding carboxylic acids is 1. The minimum Gasteiger partial charge on any atom is -0.480 e. The molecule has 2 aromatic rings. The molecule has 2 aliphatic carbocycles. The number of carbonyl (C=O) groups is 2. The van der Waals surface area contributed by atoms with Crippen LogP contribution in [0.1, 0.15) is 31.2 Å². The van der Waals surface area contributed by atoms with E-state index in [1.54, 1.807) is 23.1 Å². The van der Waals surface area contributed by atoms with E-state index >= 15 is 0 Å². The van der Waals surface area contributed by atoms with Gasteiger partial charge in [0, 0.05) is 43.3 Å². The highest BCUT2D eigenvalue weighted by Gasteiger charge is 2.37. The fraction of sp³-hybridized carbons (Fsp3) is 0.500. The molecule has 0 aliphatic heterocycles. The molecule has 0 spiro atoms. The quantitative estimate of drug-likeness (QED) is 0.594. The fourth-order valence-corrected chi connectivity index (χ4v) is 3.68. The number of rotatable bonds is 9. The summed E-state index contributed by atoms with van der Waals surface area (Å²) >= 11 is 0. The number of nitrogens with one attached hydrogen (secondary N) is 2. The first kappa shape index (κ1) is 19.4. The maximum Gasteiger partial charge on any atom is 0.320 e. The van der Waals surface area contributed by atoms with E-state index in [-0.39, 0.29) is 24.7 Å². The van der Waals surface area contributed by atoms with Crippen LogP contribution < -0.4 is 10.6 Å². The number of aliphatic carboxylic acids is 1. The van der Waals surface area contributed by atoms with Crippen LogP contribution in [-0.4, -0.2) is 61.9 Å². The van der Waals surface area contributed by atoms with Gasteiger partial charge in [-0.2, -0.15) is 5.10 Å². The minimum atomic E-state index is -0.790. The minimum absolute atomic E-state index is 0.0643. The van der Waals surface area contributed by atoms with E-state index < -0.39 is 5.97 Å². The molecule has 9 heteroatoms. The van der Waals surface area contributed by atoms with E-state index in [1.165, 1.54) is 12.8 Å². The standard InChI is InChI=1S/C20H26N6O3/c27-19(28)13-25(11-14-1-2-14)17-9-16(10-17)22-20(29)23-18-5-8-26(24-18)12-15-3-6-21-7-4-15/h3-8,14,16-17H,1-2,9-13H2,(H,27,28)(H2,22,23,24,29). The molecule has 29 heavy (non-hydrogen) atoms. The van der Waals surface area contributed by atoms with Gasteiger partial charge in [-0.25, -0.2) is 4.79 Å². The summed E-state index contributed by atoms with van der Waals surface area (Å²) in [4.78, 5) is 29.4. The first-order valence-electron chi connectivity index (χ1n) is 10.0. The van der Waals surface area contributed by atoms with Crippen molar-refractivity contribution in [2.45, 2.75) is 44.3 Å². The summed E-state index contributed by atoms with van der Waals surface area (Å²) in [5.74, 6) is 0.350. The van der Waals surface area contributed by atoms with Crippen molar-refractivity contribution >= 4 is 17.8 Å². The van der Waals surface area contributed by atoms with E-state index in [0.717, 1.165) is 24.9 Å². The summed E-state index contributed by atoms with van der Waals surface area (Å²) < 4.78 is 1.76. The molecule has 0 atom stereocenters. The Hall–Kier alpha value is -2.94. The van der Waals surface area contributed by atoms with Crippen LogP contribution in [0.2, 0.25) is 0 Å². The van der Waals surface area contributed by atoms with Crippen LogP contribution in [0, 0.1) is 5.92 Å². The summed E-state index contributed by atoms with van der Waals surface area (Å²) in [5, 5.41) is 19.2. The number of carboxylic acid groups (broad SMARTS) is 1. The third-order valence-corrected chi connectivity index (χ3v) is 5.47. The lowest BCUT2D eigenvalue weighted by Gasteiger charge is -2.42. The normalized spacial score (nSPS) is 20.9. The van der Waals surface area contributed by atoms with E-state index in [4.69, 9.17) is 5.11 Å². The number of aromatic nitrogens is 3. The summed E-state index contributed by atoms with van der Waals surface area (Å²) in [6, 6.07) is 5.62. The first-order chi connectivity index (χ1) is 14.0. The van der Waals surface area contributed by atoms with Gasteiger partial charge in [-0.05, 0) is 49.3 Å². The maximum absolute atomic E-state index is 12.2. The topological polar surface area (TPSA) is 112 Å². The summed E-state index contributed by atoms with van der Waals surface area (Å²) in [6.45, 7) is 1.54. The molecule has 2 fully saturated rings. The molecule has 2 saturated carbocycles. The summed E-state index contributed by atoms with van der Waals surface area (Å²) in [7, 11) is 0. The van der Waals surface area contributed by atoms with Crippen molar-refractivity contribution in [1.82, 2.24) is 25.0 Å². The molecule has 0 saturated heterocycles. The second-order valence-corrected chi connectivity index (χ2v) is 7.94. The molecule has 0 unspecified atom stereocenters. The highest BCUT2D eigenvalue weighted by atomic mass is 16.4. The summed E-state index contributed by atoms with van der Waals surface area (Å²) in [6.07, 6.45) is 9.24. The molecule has 2 amide bonds. The van der Waals surface area contributed by atoms with Gasteiger partial charge < -0.3 is 10.4 Å². The van der Waals surface area contributed by atoms with Crippen LogP contribution >= 0.6 is 0 Å². The van der Waals surface area contributed by atoms with Gasteiger partial charge in [0.05, 0.1) is 13.1 Å². The van der Waals surface area contributed by atoms with E-state index in [0.29, 0.717) is 18.3 Å². The molecule has 3 N–H and O–H groups in total. The first-order valence-corrected chi connectivity index (χ1v) is 10.0. The van der Waals surface area contributed by atoms with Crippen molar-refractivity contribution in [1.29, 1.82) is 0 Å². The van der Waals surface area contributed by atoms with Crippen molar-refractivity contribution < 1.29 is 14.7 Å². The van der Waals surface area contributed by atoms with Gasteiger partial charge in [0.2, 0.25) is 0 Å². The third-order valence-electron chi connectivity index (χ3n) is 5.47. The number of hydrogen-bond donors (Lipinski definition) is 3. The summed E-state index contributed by atoms with van der Waals surface area (Å²) in [5.41, 5.74) is 1.08. The molecule has 0 bridgehead atoms. The van der Waals surface area contributed by atoms with Crippen LogP contribution in [-0.2, 0) is 11.3 Å². The molecule has 4 rings (SSSR count). The van der Waals surface area contributed by atoms with Gasteiger partial charge in [-0.1, -0.05) is 0 Å². The predicted molar refractivity (Wildman–Crippen MR) is 106 cm³/mol. The van der Waals surface area contributed by atoms with Gasteiger partial charge in [-0.15, -0.1) is 0 Å². The number of pyridine rings is 1. The zero-order valence-electron chi connectivity index (χ0n) is 16.2. The van der Waals surface area contributed by atoms with Gasteiger partial charge in [0.15, 0.2) is 5.82 Å². The largest absolute Gasteiger partial charge is 0.480 e. The monoisotopic (exact) mass is 398 g/mol. The Balaban J connectivity index is 1.21. The lowest BCUT2D eigenvalue weighted by Crippen LogP contribution is -2.55. The number of anilines is 1. The van der Waals surface area contributed by atoms with E-state index in [1.807, 2.05) is 18.3 Å². The molecule has 2 aromatic heterocycles. The SMILES string of the molecule is O=C(O)CN(CC1CC1)C1CC(NC(=O)Nc2ccn(Cc3ccncc3)n2)C1. The zero-order valence-corrected chi connectivity index (χ0v) is 16.2. The number of hydrogen-bond acceptors (Lipinski definition) is 5. The lowest BCUT2D eigenvalue weighted by atomic mass is 9.85. The highest BCUT2D eigenvalue weighted by molar-refractivity contribution is 5.88. The molecular formula is C20H26N6O3. The average Bonchev–Trinajstić information content (AvgIpc) is 3.36. The Bertz CT molecular complexity index is 845. The third kappa shape index (κ3) is 5.54. The molecule has 154 valence electrons. The molecular weight excluding hydrogens is 372 g/mol. The maximum atomic E-state index is 12.2. The Morgan fingerprint density at radius 1 is 1.21 bits per heavy atom. The second kappa shape index (κ2) is 8.60. The number of urea groups is 1. The lowest BCUT2D eigenvalue weighted by molar-refractivity contribution is -0.139. The van der Waals surface area contributed by atoms with Crippen molar-refractivity contribution in [3.05, 3.63) is 42.4 Å². The second-order valence-electron chi connectivity index (χ2n) is 7.94. The zero-order chi connectivity index (χ0) is 20.2. The van der Waals surface area contributed by atoms with Gasteiger partial charge in [0.1, 0.15) is 0 Å². The Morgan fingerprint density at radius 3 is 2.66 bits per heavy atom. The van der Waals surface area contributed by atoms with Crippen molar-refractivity contribution in [3.63, 3.8) is 0 Å². The Kier molecular flexibility index (Phi) is 5.75.